The van der Waals surface area contributed by atoms with Crippen molar-refractivity contribution in [1.82, 2.24) is 15.0 Å². The molecule has 2 amide bonds. The fraction of sp³-hybridized carbons (Fsp3) is 0. The van der Waals surface area contributed by atoms with Crippen LogP contribution in [0.1, 0.15) is 21.0 Å². The number of carbonyl (C=O) groups is 2. The number of hydrogen-bond donors (Lipinski definition) is 3. The fourth-order valence-electron chi connectivity index (χ4n) is 2.69. The van der Waals surface area contributed by atoms with Gasteiger partial charge in [-0.15, -0.1) is 0 Å². The quantitative estimate of drug-likeness (QED) is 0.521. The third-order valence-electron chi connectivity index (χ3n) is 4.04. The first-order valence-corrected chi connectivity index (χ1v) is 8.23. The highest BCUT2D eigenvalue weighted by Crippen LogP contribution is 2.22. The van der Waals surface area contributed by atoms with Crippen LogP contribution in [0.15, 0.2) is 66.7 Å². The van der Waals surface area contributed by atoms with E-state index in [0.29, 0.717) is 5.69 Å². The minimum absolute atomic E-state index is 0.0443. The second-order valence-electron chi connectivity index (χ2n) is 5.91. The lowest BCUT2D eigenvalue weighted by Crippen LogP contribution is -2.18. The lowest BCUT2D eigenvalue weighted by atomic mass is 10.2. The van der Waals surface area contributed by atoms with Crippen molar-refractivity contribution in [3.8, 4) is 11.4 Å². The van der Waals surface area contributed by atoms with Crippen molar-refractivity contribution in [3.63, 3.8) is 0 Å². The molecular formula is C20H15N5O2. The molecule has 2 heterocycles. The Hall–Kier alpha value is -4.00. The third-order valence-corrected chi connectivity index (χ3v) is 4.04. The number of benzene rings is 2. The summed E-state index contributed by atoms with van der Waals surface area (Å²) in [4.78, 5) is 35.3. The summed E-state index contributed by atoms with van der Waals surface area (Å²) >= 11 is 0. The molecule has 132 valence electrons. The maximum Gasteiger partial charge on any atom is 0.274 e. The van der Waals surface area contributed by atoms with E-state index >= 15 is 0 Å². The SMILES string of the molecule is NC(=O)c1cccc(C(=O)Nc2ccc(-c3nc4ccccc4[nH]3)cc2)n1. The molecule has 0 bridgehead atoms. The number of pyridine rings is 1. The van der Waals surface area contributed by atoms with E-state index in [-0.39, 0.29) is 11.4 Å². The summed E-state index contributed by atoms with van der Waals surface area (Å²) in [6.45, 7) is 0. The predicted molar refractivity (Wildman–Crippen MR) is 102 cm³/mol. The van der Waals surface area contributed by atoms with Gasteiger partial charge in [0.2, 0.25) is 0 Å². The van der Waals surface area contributed by atoms with Gasteiger partial charge in [-0.05, 0) is 48.5 Å². The summed E-state index contributed by atoms with van der Waals surface area (Å²) in [6.07, 6.45) is 0. The van der Waals surface area contributed by atoms with Crippen molar-refractivity contribution in [1.29, 1.82) is 0 Å². The summed E-state index contributed by atoms with van der Waals surface area (Å²) in [7, 11) is 0. The van der Waals surface area contributed by atoms with Crippen LogP contribution in [0.25, 0.3) is 22.4 Å². The number of primary amides is 1. The number of nitrogens with one attached hydrogen (secondary N) is 2. The smallest absolute Gasteiger partial charge is 0.274 e. The van der Waals surface area contributed by atoms with Gasteiger partial charge in [-0.2, -0.15) is 0 Å². The normalized spacial score (nSPS) is 10.7. The Morgan fingerprint density at radius 2 is 1.59 bits per heavy atom. The number of carbonyl (C=O) groups excluding carboxylic acids is 2. The van der Waals surface area contributed by atoms with E-state index in [1.54, 1.807) is 18.2 Å². The summed E-state index contributed by atoms with van der Waals surface area (Å²) < 4.78 is 0. The van der Waals surface area contributed by atoms with E-state index in [0.717, 1.165) is 22.4 Å². The zero-order chi connectivity index (χ0) is 18.8. The van der Waals surface area contributed by atoms with Gasteiger partial charge in [0, 0.05) is 11.3 Å². The van der Waals surface area contributed by atoms with Gasteiger partial charge in [0.25, 0.3) is 11.8 Å². The number of aromatic amines is 1. The van der Waals surface area contributed by atoms with Gasteiger partial charge in [-0.3, -0.25) is 9.59 Å². The molecule has 0 aliphatic rings. The summed E-state index contributed by atoms with van der Waals surface area (Å²) in [5, 5.41) is 2.75. The molecule has 0 aliphatic carbocycles. The zero-order valence-electron chi connectivity index (χ0n) is 14.1. The van der Waals surface area contributed by atoms with Crippen LogP contribution in [0.5, 0.6) is 0 Å². The Labute approximate surface area is 154 Å². The number of amides is 2. The van der Waals surface area contributed by atoms with Gasteiger partial charge >= 0.3 is 0 Å². The maximum atomic E-state index is 12.3. The van der Waals surface area contributed by atoms with Crippen molar-refractivity contribution in [2.24, 2.45) is 5.73 Å². The van der Waals surface area contributed by atoms with Crippen molar-refractivity contribution in [3.05, 3.63) is 78.1 Å². The first kappa shape index (κ1) is 16.5. The summed E-state index contributed by atoms with van der Waals surface area (Å²) in [6, 6.07) is 19.6. The third kappa shape index (κ3) is 3.38. The Morgan fingerprint density at radius 1 is 0.852 bits per heavy atom. The number of aromatic nitrogens is 3. The average molecular weight is 357 g/mol. The van der Waals surface area contributed by atoms with E-state index in [4.69, 9.17) is 5.73 Å². The van der Waals surface area contributed by atoms with Gasteiger partial charge in [0.1, 0.15) is 17.2 Å². The van der Waals surface area contributed by atoms with Gasteiger partial charge in [0.15, 0.2) is 0 Å². The highest BCUT2D eigenvalue weighted by atomic mass is 16.2. The topological polar surface area (TPSA) is 114 Å². The first-order valence-electron chi connectivity index (χ1n) is 8.23. The molecule has 0 saturated carbocycles. The number of rotatable bonds is 4. The molecule has 0 spiro atoms. The number of nitrogens with two attached hydrogens (primary N) is 1. The first-order chi connectivity index (χ1) is 13.1. The maximum absolute atomic E-state index is 12.3. The van der Waals surface area contributed by atoms with E-state index in [1.807, 2.05) is 36.4 Å². The molecule has 4 N–H and O–H groups in total. The summed E-state index contributed by atoms with van der Waals surface area (Å²) in [5.41, 5.74) is 8.72. The van der Waals surface area contributed by atoms with Crippen LogP contribution in [0.4, 0.5) is 5.69 Å². The molecule has 0 atom stereocenters. The molecule has 0 unspecified atom stereocenters. The summed E-state index contributed by atoms with van der Waals surface area (Å²) in [5.74, 6) is -0.348. The number of H-pyrrole nitrogens is 1. The van der Waals surface area contributed by atoms with Crippen molar-refractivity contribution < 1.29 is 9.59 Å². The lowest BCUT2D eigenvalue weighted by molar-refractivity contribution is 0.0995. The Kier molecular flexibility index (Phi) is 4.10. The van der Waals surface area contributed by atoms with Crippen molar-refractivity contribution >= 4 is 28.5 Å². The number of anilines is 1. The molecule has 2 aromatic heterocycles. The van der Waals surface area contributed by atoms with Crippen LogP contribution >= 0.6 is 0 Å². The molecule has 27 heavy (non-hydrogen) atoms. The monoisotopic (exact) mass is 357 g/mol. The number of nitrogens with zero attached hydrogens (tertiary/aromatic N) is 2. The number of imidazole rings is 1. The van der Waals surface area contributed by atoms with Gasteiger partial charge in [-0.1, -0.05) is 18.2 Å². The standard InChI is InChI=1S/C20H15N5O2/c21-18(26)16-6-3-7-17(23-16)20(27)22-13-10-8-12(9-11-13)19-24-14-4-1-2-5-15(14)25-19/h1-11H,(H2,21,26)(H,22,27)(H,24,25). The predicted octanol–water partition coefficient (Wildman–Crippen LogP) is 2.98. The van der Waals surface area contributed by atoms with Crippen LogP contribution < -0.4 is 11.1 Å². The number of fused-ring (bicyclic) bond motifs is 1. The Bertz CT molecular complexity index is 1120. The molecule has 0 saturated heterocycles. The Morgan fingerprint density at radius 3 is 2.33 bits per heavy atom. The molecule has 7 nitrogen and oxygen atoms in total. The van der Waals surface area contributed by atoms with E-state index < -0.39 is 11.8 Å². The highest BCUT2D eigenvalue weighted by Gasteiger charge is 2.11. The largest absolute Gasteiger partial charge is 0.364 e. The van der Waals surface area contributed by atoms with Gasteiger partial charge in [-0.25, -0.2) is 9.97 Å². The lowest BCUT2D eigenvalue weighted by Gasteiger charge is -2.06. The zero-order valence-corrected chi connectivity index (χ0v) is 14.1. The molecular weight excluding hydrogens is 342 g/mol. The van der Waals surface area contributed by atoms with Crippen molar-refractivity contribution in [2.45, 2.75) is 0 Å². The van der Waals surface area contributed by atoms with Crippen LogP contribution in [-0.2, 0) is 0 Å². The second kappa shape index (κ2) is 6.72. The van der Waals surface area contributed by atoms with Crippen LogP contribution in [-0.4, -0.2) is 26.8 Å². The highest BCUT2D eigenvalue weighted by molar-refractivity contribution is 6.03. The number of hydrogen-bond acceptors (Lipinski definition) is 4. The molecule has 0 fully saturated rings. The van der Waals surface area contributed by atoms with E-state index in [1.165, 1.54) is 12.1 Å². The number of para-hydroxylation sites is 2. The average Bonchev–Trinajstić information content (AvgIpc) is 3.13. The molecule has 0 aliphatic heterocycles. The molecule has 4 rings (SSSR count). The van der Waals surface area contributed by atoms with Gasteiger partial charge in [0.05, 0.1) is 11.0 Å². The fourth-order valence-corrected chi connectivity index (χ4v) is 2.69. The minimum atomic E-state index is -0.681. The van der Waals surface area contributed by atoms with E-state index in [2.05, 4.69) is 20.3 Å². The van der Waals surface area contributed by atoms with E-state index in [9.17, 15) is 9.59 Å². The molecule has 2 aromatic carbocycles. The molecule has 7 heteroatoms. The van der Waals surface area contributed by atoms with Crippen molar-refractivity contribution in [2.75, 3.05) is 5.32 Å². The Balaban J connectivity index is 1.53. The molecule has 0 radical (unpaired) electrons. The van der Waals surface area contributed by atoms with Crippen LogP contribution in [0, 0.1) is 0 Å². The van der Waals surface area contributed by atoms with Gasteiger partial charge < -0.3 is 16.0 Å². The minimum Gasteiger partial charge on any atom is -0.364 e. The van der Waals surface area contributed by atoms with Crippen LogP contribution in [0.3, 0.4) is 0 Å². The second-order valence-corrected chi connectivity index (χ2v) is 5.91. The van der Waals surface area contributed by atoms with Crippen LogP contribution in [0.2, 0.25) is 0 Å². The molecule has 4 aromatic rings.